The summed E-state index contributed by atoms with van der Waals surface area (Å²) in [7, 11) is 0. The number of nitrogens with two attached hydrogens (primary N) is 1. The lowest BCUT2D eigenvalue weighted by Gasteiger charge is -2.14. The topological polar surface area (TPSA) is 35.2 Å². The Balaban J connectivity index is 1.50. The highest BCUT2D eigenvalue weighted by molar-refractivity contribution is 4.76. The lowest BCUT2D eigenvalue weighted by Crippen LogP contribution is -2.22. The fraction of sp³-hybridized carbons (Fsp3) is 1.00. The molecule has 2 aliphatic rings. The van der Waals surface area contributed by atoms with Gasteiger partial charge < -0.3 is 10.5 Å². The van der Waals surface area contributed by atoms with Crippen molar-refractivity contribution >= 4 is 0 Å². The average molecular weight is 197 g/mol. The van der Waals surface area contributed by atoms with Gasteiger partial charge in [-0.1, -0.05) is 12.8 Å². The normalized spacial score (nSPS) is 29.4. The SMILES string of the molecule is NC(CCC1CC1)CCC1CCCO1. The van der Waals surface area contributed by atoms with Gasteiger partial charge in [-0.2, -0.15) is 0 Å². The summed E-state index contributed by atoms with van der Waals surface area (Å²) >= 11 is 0. The molecule has 2 heteroatoms. The lowest BCUT2D eigenvalue weighted by molar-refractivity contribution is 0.100. The zero-order chi connectivity index (χ0) is 9.80. The van der Waals surface area contributed by atoms with Crippen LogP contribution in [0.2, 0.25) is 0 Å². The van der Waals surface area contributed by atoms with Crippen LogP contribution in [0.4, 0.5) is 0 Å². The Bertz CT molecular complexity index is 162. The highest BCUT2D eigenvalue weighted by atomic mass is 16.5. The predicted molar refractivity (Wildman–Crippen MR) is 58.1 cm³/mol. The standard InChI is InChI=1S/C12H23NO/c13-11(6-5-10-3-4-10)7-8-12-2-1-9-14-12/h10-12H,1-9,13H2. The molecule has 1 aliphatic carbocycles. The Morgan fingerprint density at radius 2 is 1.93 bits per heavy atom. The Labute approximate surface area is 87.2 Å². The minimum absolute atomic E-state index is 0.430. The maximum Gasteiger partial charge on any atom is 0.0576 e. The summed E-state index contributed by atoms with van der Waals surface area (Å²) < 4.78 is 5.59. The minimum atomic E-state index is 0.430. The summed E-state index contributed by atoms with van der Waals surface area (Å²) in [4.78, 5) is 0. The molecule has 2 rings (SSSR count). The van der Waals surface area contributed by atoms with E-state index in [-0.39, 0.29) is 0 Å². The van der Waals surface area contributed by atoms with Crippen LogP contribution < -0.4 is 5.73 Å². The molecule has 0 amide bonds. The van der Waals surface area contributed by atoms with Crippen LogP contribution in [0.25, 0.3) is 0 Å². The van der Waals surface area contributed by atoms with Crippen LogP contribution in [0.5, 0.6) is 0 Å². The van der Waals surface area contributed by atoms with Gasteiger partial charge in [-0.15, -0.1) is 0 Å². The molecule has 1 saturated heterocycles. The second-order valence-electron chi connectivity index (χ2n) is 4.99. The van der Waals surface area contributed by atoms with Crippen molar-refractivity contribution in [3.05, 3.63) is 0 Å². The van der Waals surface area contributed by atoms with Crippen molar-refractivity contribution in [2.45, 2.75) is 63.5 Å². The Kier molecular flexibility index (Phi) is 3.82. The lowest BCUT2D eigenvalue weighted by atomic mass is 10.0. The van der Waals surface area contributed by atoms with Crippen LogP contribution in [-0.4, -0.2) is 18.8 Å². The molecule has 0 aromatic heterocycles. The average Bonchev–Trinajstić information content (AvgIpc) is 2.87. The molecule has 2 unspecified atom stereocenters. The summed E-state index contributed by atoms with van der Waals surface area (Å²) in [5.74, 6) is 1.03. The second kappa shape index (κ2) is 5.13. The van der Waals surface area contributed by atoms with Crippen molar-refractivity contribution < 1.29 is 4.74 Å². The number of hydrogen-bond donors (Lipinski definition) is 1. The zero-order valence-corrected chi connectivity index (χ0v) is 9.08. The predicted octanol–water partition coefficient (Wildman–Crippen LogP) is 2.46. The first-order valence-corrected chi connectivity index (χ1v) is 6.22. The maximum atomic E-state index is 6.07. The third-order valence-electron chi connectivity index (χ3n) is 3.53. The highest BCUT2D eigenvalue weighted by Crippen LogP contribution is 2.34. The smallest absolute Gasteiger partial charge is 0.0576 e. The van der Waals surface area contributed by atoms with E-state index in [1.54, 1.807) is 0 Å². The minimum Gasteiger partial charge on any atom is -0.378 e. The summed E-state index contributed by atoms with van der Waals surface area (Å²) in [6.45, 7) is 0.974. The largest absolute Gasteiger partial charge is 0.378 e. The molecule has 2 atom stereocenters. The van der Waals surface area contributed by atoms with Gasteiger partial charge in [0.1, 0.15) is 0 Å². The van der Waals surface area contributed by atoms with Crippen LogP contribution in [0.15, 0.2) is 0 Å². The first kappa shape index (κ1) is 10.4. The molecule has 0 bridgehead atoms. The monoisotopic (exact) mass is 197 g/mol. The van der Waals surface area contributed by atoms with E-state index in [0.29, 0.717) is 12.1 Å². The first-order chi connectivity index (χ1) is 6.84. The molecule has 1 heterocycles. The summed E-state index contributed by atoms with van der Waals surface area (Å²) in [5.41, 5.74) is 6.07. The fourth-order valence-corrected chi connectivity index (χ4v) is 2.27. The molecule has 1 saturated carbocycles. The van der Waals surface area contributed by atoms with Crippen molar-refractivity contribution in [1.82, 2.24) is 0 Å². The number of ether oxygens (including phenoxy) is 1. The van der Waals surface area contributed by atoms with Crippen molar-refractivity contribution in [3.63, 3.8) is 0 Å². The molecule has 0 spiro atoms. The van der Waals surface area contributed by atoms with Gasteiger partial charge in [0.15, 0.2) is 0 Å². The molecule has 0 radical (unpaired) electrons. The highest BCUT2D eigenvalue weighted by Gasteiger charge is 2.22. The van der Waals surface area contributed by atoms with E-state index >= 15 is 0 Å². The van der Waals surface area contributed by atoms with Gasteiger partial charge in [0.2, 0.25) is 0 Å². The number of hydrogen-bond acceptors (Lipinski definition) is 2. The fourth-order valence-electron chi connectivity index (χ4n) is 2.27. The molecule has 0 aromatic carbocycles. The molecule has 1 aliphatic heterocycles. The Hall–Kier alpha value is -0.0800. The van der Waals surface area contributed by atoms with Crippen molar-refractivity contribution in [2.24, 2.45) is 11.7 Å². The second-order valence-corrected chi connectivity index (χ2v) is 4.99. The van der Waals surface area contributed by atoms with E-state index in [1.165, 1.54) is 44.9 Å². The molecule has 2 N–H and O–H groups in total. The van der Waals surface area contributed by atoms with Crippen LogP contribution in [0.3, 0.4) is 0 Å². The molecule has 0 aromatic rings. The van der Waals surface area contributed by atoms with Gasteiger partial charge in [0.05, 0.1) is 6.10 Å². The first-order valence-electron chi connectivity index (χ1n) is 6.22. The van der Waals surface area contributed by atoms with Crippen LogP contribution >= 0.6 is 0 Å². The third-order valence-corrected chi connectivity index (χ3v) is 3.53. The van der Waals surface area contributed by atoms with Gasteiger partial charge in [-0.05, 0) is 44.4 Å². The van der Waals surface area contributed by atoms with E-state index in [1.807, 2.05) is 0 Å². The summed E-state index contributed by atoms with van der Waals surface area (Å²) in [5, 5.41) is 0. The third kappa shape index (κ3) is 3.58. The van der Waals surface area contributed by atoms with E-state index < -0.39 is 0 Å². The molecule has 2 nitrogen and oxygen atoms in total. The Morgan fingerprint density at radius 1 is 1.14 bits per heavy atom. The van der Waals surface area contributed by atoms with Gasteiger partial charge in [0, 0.05) is 12.6 Å². The summed E-state index contributed by atoms with van der Waals surface area (Å²) in [6, 6.07) is 0.430. The molecular formula is C12H23NO. The molecule has 14 heavy (non-hydrogen) atoms. The molecule has 2 fully saturated rings. The summed E-state index contributed by atoms with van der Waals surface area (Å²) in [6.07, 6.45) is 10.9. The van der Waals surface area contributed by atoms with E-state index in [4.69, 9.17) is 10.5 Å². The van der Waals surface area contributed by atoms with Gasteiger partial charge >= 0.3 is 0 Å². The van der Waals surface area contributed by atoms with Gasteiger partial charge in [-0.25, -0.2) is 0 Å². The van der Waals surface area contributed by atoms with Gasteiger partial charge in [-0.3, -0.25) is 0 Å². The maximum absolute atomic E-state index is 6.07. The van der Waals surface area contributed by atoms with E-state index in [9.17, 15) is 0 Å². The Morgan fingerprint density at radius 3 is 2.57 bits per heavy atom. The zero-order valence-electron chi connectivity index (χ0n) is 9.08. The van der Waals surface area contributed by atoms with Crippen LogP contribution in [-0.2, 0) is 4.74 Å². The molecule has 82 valence electrons. The van der Waals surface area contributed by atoms with Crippen molar-refractivity contribution in [3.8, 4) is 0 Å². The van der Waals surface area contributed by atoms with Crippen LogP contribution in [0, 0.1) is 5.92 Å². The van der Waals surface area contributed by atoms with Crippen LogP contribution in [0.1, 0.15) is 51.4 Å². The van der Waals surface area contributed by atoms with Gasteiger partial charge in [0.25, 0.3) is 0 Å². The van der Waals surface area contributed by atoms with E-state index in [0.717, 1.165) is 18.9 Å². The van der Waals surface area contributed by atoms with E-state index in [2.05, 4.69) is 0 Å². The number of rotatable bonds is 6. The van der Waals surface area contributed by atoms with Crippen molar-refractivity contribution in [2.75, 3.05) is 6.61 Å². The molecular weight excluding hydrogens is 174 g/mol. The quantitative estimate of drug-likeness (QED) is 0.710. The van der Waals surface area contributed by atoms with Crippen molar-refractivity contribution in [1.29, 1.82) is 0 Å².